The number of hydrogen-bond donors (Lipinski definition) is 2. The maximum atomic E-state index is 12.9. The van der Waals surface area contributed by atoms with Crippen LogP contribution in [0.4, 0.5) is 11.4 Å². The lowest BCUT2D eigenvalue weighted by Gasteiger charge is -2.12. The predicted octanol–water partition coefficient (Wildman–Crippen LogP) is 4.77. The van der Waals surface area contributed by atoms with E-state index < -0.39 is 16.7 Å². The summed E-state index contributed by atoms with van der Waals surface area (Å²) >= 11 is 3.36. The van der Waals surface area contributed by atoms with Crippen LogP contribution in [0.15, 0.2) is 89.0 Å². The quantitative estimate of drug-likeness (QED) is 0.311. The van der Waals surface area contributed by atoms with Crippen LogP contribution in [0.25, 0.3) is 6.08 Å². The van der Waals surface area contributed by atoms with Gasteiger partial charge < -0.3 is 10.6 Å². The molecule has 0 fully saturated rings. The SMILES string of the molecule is O=C(Nc1ccccc1Br)C(=Cc1ccc([N+](=O)[O-])cc1)NC(=O)c1ccccc1. The summed E-state index contributed by atoms with van der Waals surface area (Å²) in [4.78, 5) is 35.8. The van der Waals surface area contributed by atoms with E-state index in [1.54, 1.807) is 48.5 Å². The van der Waals surface area contributed by atoms with Crippen LogP contribution >= 0.6 is 15.9 Å². The lowest BCUT2D eigenvalue weighted by atomic mass is 10.1. The molecule has 7 nitrogen and oxygen atoms in total. The zero-order valence-electron chi connectivity index (χ0n) is 15.5. The van der Waals surface area contributed by atoms with Crippen LogP contribution in [0.1, 0.15) is 15.9 Å². The van der Waals surface area contributed by atoms with Gasteiger partial charge in [-0.15, -0.1) is 0 Å². The Morgan fingerprint density at radius 2 is 1.53 bits per heavy atom. The van der Waals surface area contributed by atoms with Crippen molar-refractivity contribution in [1.29, 1.82) is 0 Å². The lowest BCUT2D eigenvalue weighted by molar-refractivity contribution is -0.384. The molecule has 0 bridgehead atoms. The second kappa shape index (κ2) is 9.62. The second-order valence-electron chi connectivity index (χ2n) is 6.16. The topological polar surface area (TPSA) is 101 Å². The van der Waals surface area contributed by atoms with Crippen LogP contribution in [0.2, 0.25) is 0 Å². The Balaban J connectivity index is 1.91. The summed E-state index contributed by atoms with van der Waals surface area (Å²) in [6.07, 6.45) is 1.46. The molecule has 0 aliphatic carbocycles. The van der Waals surface area contributed by atoms with Crippen molar-refractivity contribution in [3.8, 4) is 0 Å². The van der Waals surface area contributed by atoms with Crippen molar-refractivity contribution in [3.05, 3.63) is 110 Å². The number of carbonyl (C=O) groups excluding carboxylic acids is 2. The van der Waals surface area contributed by atoms with Gasteiger partial charge in [0.05, 0.1) is 10.6 Å². The number of para-hydroxylation sites is 1. The van der Waals surface area contributed by atoms with Crippen LogP contribution in [-0.2, 0) is 4.79 Å². The maximum absolute atomic E-state index is 12.9. The Hall–Kier alpha value is -3.78. The number of halogens is 1. The van der Waals surface area contributed by atoms with Crippen molar-refractivity contribution in [3.63, 3.8) is 0 Å². The molecule has 3 rings (SSSR count). The fourth-order valence-electron chi connectivity index (χ4n) is 2.55. The molecule has 0 aliphatic heterocycles. The van der Waals surface area contributed by atoms with Gasteiger partial charge in [0.25, 0.3) is 17.5 Å². The largest absolute Gasteiger partial charge is 0.320 e. The van der Waals surface area contributed by atoms with E-state index >= 15 is 0 Å². The summed E-state index contributed by atoms with van der Waals surface area (Å²) in [6.45, 7) is 0. The average Bonchev–Trinajstić information content (AvgIpc) is 2.75. The number of nitrogens with zero attached hydrogens (tertiary/aromatic N) is 1. The van der Waals surface area contributed by atoms with E-state index in [2.05, 4.69) is 26.6 Å². The molecule has 0 atom stereocenters. The summed E-state index contributed by atoms with van der Waals surface area (Å²) in [5.74, 6) is -0.990. The van der Waals surface area contributed by atoms with Gasteiger partial charge in [0.15, 0.2) is 0 Å². The number of rotatable bonds is 6. The van der Waals surface area contributed by atoms with E-state index in [1.165, 1.54) is 30.3 Å². The third kappa shape index (κ3) is 5.39. The highest BCUT2D eigenvalue weighted by Crippen LogP contribution is 2.22. The van der Waals surface area contributed by atoms with Crippen LogP contribution < -0.4 is 10.6 Å². The van der Waals surface area contributed by atoms with Crippen LogP contribution in [-0.4, -0.2) is 16.7 Å². The first-order valence-electron chi connectivity index (χ1n) is 8.82. The van der Waals surface area contributed by atoms with Crippen molar-refractivity contribution in [2.75, 3.05) is 5.32 Å². The highest BCUT2D eigenvalue weighted by molar-refractivity contribution is 9.10. The standard InChI is InChI=1S/C22H16BrN3O4/c23-18-8-4-5-9-19(18)24-22(28)20(25-21(27)16-6-2-1-3-7-16)14-15-10-12-17(13-11-15)26(29)30/h1-14H,(H,24,28)(H,25,27). The molecule has 0 saturated heterocycles. The summed E-state index contributed by atoms with van der Waals surface area (Å²) < 4.78 is 0.683. The third-order valence-electron chi connectivity index (χ3n) is 4.07. The average molecular weight is 466 g/mol. The van der Waals surface area contributed by atoms with E-state index in [4.69, 9.17) is 0 Å². The second-order valence-corrected chi connectivity index (χ2v) is 7.02. The van der Waals surface area contributed by atoms with Gasteiger partial charge in [-0.05, 0) is 64.0 Å². The van der Waals surface area contributed by atoms with Crippen LogP contribution in [0, 0.1) is 10.1 Å². The minimum atomic E-state index is -0.537. The molecule has 0 unspecified atom stereocenters. The third-order valence-corrected chi connectivity index (χ3v) is 4.76. The van der Waals surface area contributed by atoms with E-state index in [0.29, 0.717) is 21.3 Å². The van der Waals surface area contributed by atoms with Crippen LogP contribution in [0.5, 0.6) is 0 Å². The number of nitro benzene ring substituents is 1. The molecule has 2 N–H and O–H groups in total. The molecule has 2 amide bonds. The summed E-state index contributed by atoms with van der Waals surface area (Å²) in [6, 6.07) is 21.2. The number of hydrogen-bond acceptors (Lipinski definition) is 4. The summed E-state index contributed by atoms with van der Waals surface area (Å²) in [5, 5.41) is 16.2. The first-order chi connectivity index (χ1) is 14.4. The number of non-ortho nitro benzene ring substituents is 1. The van der Waals surface area contributed by atoms with Gasteiger partial charge in [0.2, 0.25) is 0 Å². The van der Waals surface area contributed by atoms with Gasteiger partial charge in [-0.1, -0.05) is 30.3 Å². The number of nitro groups is 1. The molecular formula is C22H16BrN3O4. The highest BCUT2D eigenvalue weighted by Gasteiger charge is 2.16. The Morgan fingerprint density at radius 1 is 0.900 bits per heavy atom. The van der Waals surface area contributed by atoms with E-state index in [1.807, 2.05) is 6.07 Å². The molecule has 0 spiro atoms. The van der Waals surface area contributed by atoms with Crippen LogP contribution in [0.3, 0.4) is 0 Å². The van der Waals surface area contributed by atoms with Gasteiger partial charge in [-0.2, -0.15) is 0 Å². The molecular weight excluding hydrogens is 450 g/mol. The molecule has 0 saturated carbocycles. The normalized spacial score (nSPS) is 10.9. The maximum Gasteiger partial charge on any atom is 0.272 e. The minimum absolute atomic E-state index is 0.00606. The summed E-state index contributed by atoms with van der Waals surface area (Å²) in [7, 11) is 0. The number of amides is 2. The Bertz CT molecular complexity index is 1110. The van der Waals surface area contributed by atoms with E-state index in [0.717, 1.165) is 0 Å². The van der Waals surface area contributed by atoms with Crippen molar-refractivity contribution in [2.45, 2.75) is 0 Å². The molecule has 0 aromatic heterocycles. The zero-order chi connectivity index (χ0) is 21.5. The Kier molecular flexibility index (Phi) is 6.71. The predicted molar refractivity (Wildman–Crippen MR) is 118 cm³/mol. The molecule has 0 heterocycles. The highest BCUT2D eigenvalue weighted by atomic mass is 79.9. The van der Waals surface area contributed by atoms with Crippen molar-refractivity contribution >= 4 is 45.2 Å². The molecule has 0 aliphatic rings. The van der Waals surface area contributed by atoms with Crippen molar-refractivity contribution in [1.82, 2.24) is 5.32 Å². The number of benzene rings is 3. The Morgan fingerprint density at radius 3 is 2.17 bits per heavy atom. The first kappa shape index (κ1) is 20.9. The minimum Gasteiger partial charge on any atom is -0.320 e. The number of nitrogens with one attached hydrogen (secondary N) is 2. The monoisotopic (exact) mass is 465 g/mol. The Labute approximate surface area is 180 Å². The molecule has 3 aromatic rings. The zero-order valence-corrected chi connectivity index (χ0v) is 17.1. The van der Waals surface area contributed by atoms with Gasteiger partial charge in [-0.25, -0.2) is 0 Å². The van der Waals surface area contributed by atoms with Crippen molar-refractivity contribution < 1.29 is 14.5 Å². The molecule has 0 radical (unpaired) electrons. The van der Waals surface area contributed by atoms with Gasteiger partial charge in [0.1, 0.15) is 5.70 Å². The number of anilines is 1. The molecule has 150 valence electrons. The fourth-order valence-corrected chi connectivity index (χ4v) is 2.94. The summed E-state index contributed by atoms with van der Waals surface area (Å²) in [5.41, 5.74) is 1.37. The van der Waals surface area contributed by atoms with E-state index in [9.17, 15) is 19.7 Å². The van der Waals surface area contributed by atoms with E-state index in [-0.39, 0.29) is 11.4 Å². The number of carbonyl (C=O) groups is 2. The smallest absolute Gasteiger partial charge is 0.272 e. The van der Waals surface area contributed by atoms with Gasteiger partial charge in [0, 0.05) is 22.2 Å². The first-order valence-corrected chi connectivity index (χ1v) is 9.62. The molecule has 30 heavy (non-hydrogen) atoms. The van der Waals surface area contributed by atoms with Gasteiger partial charge in [-0.3, -0.25) is 19.7 Å². The molecule has 3 aromatic carbocycles. The van der Waals surface area contributed by atoms with Gasteiger partial charge >= 0.3 is 0 Å². The lowest BCUT2D eigenvalue weighted by Crippen LogP contribution is -2.30. The fraction of sp³-hybridized carbons (Fsp3) is 0. The van der Waals surface area contributed by atoms with Crippen molar-refractivity contribution in [2.24, 2.45) is 0 Å². The molecule has 8 heteroatoms.